The first-order valence-electron chi connectivity index (χ1n) is 6.77. The third-order valence-electron chi connectivity index (χ3n) is 3.54. The quantitative estimate of drug-likeness (QED) is 0.581. The molecule has 2 aromatic rings. The Kier molecular flexibility index (Phi) is 4.46. The van der Waals surface area contributed by atoms with Crippen molar-refractivity contribution in [1.29, 1.82) is 0 Å². The van der Waals surface area contributed by atoms with Crippen molar-refractivity contribution in [3.8, 4) is 0 Å². The number of aryl methyl sites for hydroxylation is 4. The molecule has 20 heavy (non-hydrogen) atoms. The number of hydrogen-bond donors (Lipinski definition) is 0. The van der Waals surface area contributed by atoms with Crippen molar-refractivity contribution in [3.05, 3.63) is 69.8 Å². The van der Waals surface area contributed by atoms with Crippen molar-refractivity contribution >= 4 is 12.4 Å². The Morgan fingerprint density at radius 2 is 1.00 bits per heavy atom. The molecule has 0 amide bonds. The zero-order valence-corrected chi connectivity index (χ0v) is 12.5. The second-order valence-electron chi connectivity index (χ2n) is 5.18. The van der Waals surface area contributed by atoms with Crippen LogP contribution in [0, 0.1) is 27.7 Å². The van der Waals surface area contributed by atoms with Crippen molar-refractivity contribution < 1.29 is 0 Å². The summed E-state index contributed by atoms with van der Waals surface area (Å²) in [5.74, 6) is 0. The van der Waals surface area contributed by atoms with Gasteiger partial charge in [-0.3, -0.25) is 0 Å². The fraction of sp³-hybridized carbons (Fsp3) is 0.222. The monoisotopic (exact) mass is 264 g/mol. The Morgan fingerprint density at radius 1 is 0.600 bits per heavy atom. The van der Waals surface area contributed by atoms with Gasteiger partial charge >= 0.3 is 0 Å². The highest BCUT2D eigenvalue weighted by atomic mass is 15.2. The van der Waals surface area contributed by atoms with Crippen LogP contribution in [0.2, 0.25) is 0 Å². The van der Waals surface area contributed by atoms with E-state index in [9.17, 15) is 0 Å². The number of rotatable bonds is 3. The molecule has 0 atom stereocenters. The maximum atomic E-state index is 4.10. The van der Waals surface area contributed by atoms with Gasteiger partial charge in [-0.1, -0.05) is 36.4 Å². The van der Waals surface area contributed by atoms with Crippen LogP contribution in [0.5, 0.6) is 0 Å². The summed E-state index contributed by atoms with van der Waals surface area (Å²) in [5, 5.41) is 8.21. The van der Waals surface area contributed by atoms with Crippen LogP contribution in [-0.4, -0.2) is 12.4 Å². The molecule has 0 radical (unpaired) electrons. The van der Waals surface area contributed by atoms with E-state index >= 15 is 0 Å². The smallest absolute Gasteiger partial charge is 0.0568 e. The summed E-state index contributed by atoms with van der Waals surface area (Å²) in [5.41, 5.74) is 7.27. The molecule has 0 bridgehead atoms. The van der Waals surface area contributed by atoms with E-state index in [0.29, 0.717) is 0 Å². The average molecular weight is 264 g/mol. The number of benzene rings is 2. The summed E-state index contributed by atoms with van der Waals surface area (Å²) in [7, 11) is 0. The first-order valence-corrected chi connectivity index (χ1v) is 6.77. The van der Waals surface area contributed by atoms with Crippen LogP contribution in [0.4, 0.5) is 0 Å². The molecule has 0 unspecified atom stereocenters. The van der Waals surface area contributed by atoms with Crippen LogP contribution in [0.1, 0.15) is 33.4 Å². The standard InChI is InChI=1S/C18H20N2/c1-13-5-7-17(9-15(13)3)11-19-20-12-18-8-6-14(2)16(4)10-18/h5-12H,1-4H3. The van der Waals surface area contributed by atoms with E-state index in [0.717, 1.165) is 11.1 Å². The summed E-state index contributed by atoms with van der Waals surface area (Å²) >= 11 is 0. The lowest BCUT2D eigenvalue weighted by Gasteiger charge is -2.00. The molecular formula is C18H20N2. The van der Waals surface area contributed by atoms with E-state index < -0.39 is 0 Å². The Bertz CT molecular complexity index is 608. The van der Waals surface area contributed by atoms with Gasteiger partial charge in [0.05, 0.1) is 12.4 Å². The Balaban J connectivity index is 2.06. The predicted molar refractivity (Wildman–Crippen MR) is 87.0 cm³/mol. The molecule has 102 valence electrons. The van der Waals surface area contributed by atoms with Gasteiger partial charge in [0.2, 0.25) is 0 Å². The lowest BCUT2D eigenvalue weighted by Crippen LogP contribution is -1.87. The van der Waals surface area contributed by atoms with Crippen LogP contribution in [0.15, 0.2) is 46.6 Å². The topological polar surface area (TPSA) is 24.7 Å². The first kappa shape index (κ1) is 14.2. The Hall–Kier alpha value is -2.22. The van der Waals surface area contributed by atoms with Gasteiger partial charge in [0.25, 0.3) is 0 Å². The SMILES string of the molecule is Cc1ccc(C=NN=Cc2ccc(C)c(C)c2)cc1C. The fourth-order valence-electron chi connectivity index (χ4n) is 1.89. The molecule has 2 rings (SSSR count). The lowest BCUT2D eigenvalue weighted by molar-refractivity contribution is 1.26. The van der Waals surface area contributed by atoms with Gasteiger partial charge in [0, 0.05) is 0 Å². The Morgan fingerprint density at radius 3 is 1.35 bits per heavy atom. The van der Waals surface area contributed by atoms with Crippen molar-refractivity contribution in [3.63, 3.8) is 0 Å². The minimum atomic E-state index is 1.07. The first-order chi connectivity index (χ1) is 9.56. The molecule has 2 heteroatoms. The molecule has 0 aliphatic heterocycles. The van der Waals surface area contributed by atoms with Crippen molar-refractivity contribution in [2.75, 3.05) is 0 Å². The van der Waals surface area contributed by atoms with E-state index in [-0.39, 0.29) is 0 Å². The van der Waals surface area contributed by atoms with Gasteiger partial charge in [0.15, 0.2) is 0 Å². The van der Waals surface area contributed by atoms with Crippen LogP contribution >= 0.6 is 0 Å². The zero-order valence-electron chi connectivity index (χ0n) is 12.5. The second-order valence-corrected chi connectivity index (χ2v) is 5.18. The van der Waals surface area contributed by atoms with Crippen LogP contribution in [0.25, 0.3) is 0 Å². The highest BCUT2D eigenvalue weighted by molar-refractivity contribution is 5.83. The van der Waals surface area contributed by atoms with E-state index in [1.807, 2.05) is 0 Å². The van der Waals surface area contributed by atoms with E-state index in [1.165, 1.54) is 22.3 Å². The van der Waals surface area contributed by atoms with E-state index in [4.69, 9.17) is 0 Å². The van der Waals surface area contributed by atoms with Gasteiger partial charge in [-0.15, -0.1) is 0 Å². The molecule has 0 N–H and O–H groups in total. The summed E-state index contributed by atoms with van der Waals surface area (Å²) < 4.78 is 0. The van der Waals surface area contributed by atoms with Gasteiger partial charge in [-0.2, -0.15) is 10.2 Å². The Labute approximate surface area is 120 Å². The normalized spacial score (nSPS) is 11.6. The van der Waals surface area contributed by atoms with Crippen molar-refractivity contribution in [2.24, 2.45) is 10.2 Å². The third-order valence-corrected chi connectivity index (χ3v) is 3.54. The van der Waals surface area contributed by atoms with Gasteiger partial charge in [-0.25, -0.2) is 0 Å². The average Bonchev–Trinajstić information content (AvgIpc) is 2.42. The summed E-state index contributed by atoms with van der Waals surface area (Å²) in [6, 6.07) is 12.5. The molecular weight excluding hydrogens is 244 g/mol. The lowest BCUT2D eigenvalue weighted by atomic mass is 10.1. The van der Waals surface area contributed by atoms with Gasteiger partial charge < -0.3 is 0 Å². The molecule has 0 fully saturated rings. The summed E-state index contributed by atoms with van der Waals surface area (Å²) in [6.07, 6.45) is 3.56. The molecule has 0 aliphatic carbocycles. The molecule has 0 aliphatic rings. The second kappa shape index (κ2) is 6.29. The van der Waals surface area contributed by atoms with E-state index in [2.05, 4.69) is 74.3 Å². The minimum Gasteiger partial charge on any atom is -0.159 e. The third kappa shape index (κ3) is 3.64. The highest BCUT2D eigenvalue weighted by Crippen LogP contribution is 2.09. The number of hydrogen-bond acceptors (Lipinski definition) is 2. The van der Waals surface area contributed by atoms with Crippen molar-refractivity contribution in [2.45, 2.75) is 27.7 Å². The van der Waals surface area contributed by atoms with Gasteiger partial charge in [0.1, 0.15) is 0 Å². The summed E-state index contributed by atoms with van der Waals surface area (Å²) in [4.78, 5) is 0. The van der Waals surface area contributed by atoms with Gasteiger partial charge in [-0.05, 0) is 61.1 Å². The summed E-state index contributed by atoms with van der Waals surface area (Å²) in [6.45, 7) is 8.41. The van der Waals surface area contributed by atoms with Crippen molar-refractivity contribution in [1.82, 2.24) is 0 Å². The molecule has 2 aromatic carbocycles. The van der Waals surface area contributed by atoms with Crippen LogP contribution in [0.3, 0.4) is 0 Å². The molecule has 2 nitrogen and oxygen atoms in total. The molecule has 0 heterocycles. The number of nitrogens with zero attached hydrogens (tertiary/aromatic N) is 2. The fourth-order valence-corrected chi connectivity index (χ4v) is 1.89. The molecule has 0 saturated carbocycles. The largest absolute Gasteiger partial charge is 0.159 e. The maximum Gasteiger partial charge on any atom is 0.0568 e. The zero-order chi connectivity index (χ0) is 14.5. The molecule has 0 spiro atoms. The molecule has 0 aromatic heterocycles. The van der Waals surface area contributed by atoms with Crippen LogP contribution in [-0.2, 0) is 0 Å². The maximum absolute atomic E-state index is 4.10. The predicted octanol–water partition coefficient (Wildman–Crippen LogP) is 4.37. The minimum absolute atomic E-state index is 1.07. The van der Waals surface area contributed by atoms with E-state index in [1.54, 1.807) is 12.4 Å². The van der Waals surface area contributed by atoms with Crippen LogP contribution < -0.4 is 0 Å². The highest BCUT2D eigenvalue weighted by Gasteiger charge is 1.94. The molecule has 0 saturated heterocycles.